The summed E-state index contributed by atoms with van der Waals surface area (Å²) in [5.41, 5.74) is 1.01. The second-order valence-electron chi connectivity index (χ2n) is 10.7. The molecule has 0 heterocycles. The van der Waals surface area contributed by atoms with Crippen molar-refractivity contribution in [3.63, 3.8) is 0 Å². The molecule has 3 aromatic carbocycles. The van der Waals surface area contributed by atoms with Gasteiger partial charge in [0.1, 0.15) is 12.6 Å². The van der Waals surface area contributed by atoms with Gasteiger partial charge in [0.25, 0.3) is 10.0 Å². The topological polar surface area (TPSA) is 86.8 Å². The summed E-state index contributed by atoms with van der Waals surface area (Å²) in [6, 6.07) is 16.6. The Morgan fingerprint density at radius 1 is 0.927 bits per heavy atom. The molecule has 0 saturated heterocycles. The summed E-state index contributed by atoms with van der Waals surface area (Å²) in [4.78, 5) is 28.9. The molecule has 0 aliphatic heterocycles. The van der Waals surface area contributed by atoms with E-state index in [0.717, 1.165) is 4.31 Å². The zero-order valence-electron chi connectivity index (χ0n) is 23.6. The van der Waals surface area contributed by atoms with Crippen molar-refractivity contribution in [2.45, 2.75) is 64.1 Å². The van der Waals surface area contributed by atoms with Gasteiger partial charge in [0.05, 0.1) is 10.6 Å². The van der Waals surface area contributed by atoms with Crippen molar-refractivity contribution in [2.24, 2.45) is 0 Å². The Kier molecular flexibility index (Phi) is 10.7. The van der Waals surface area contributed by atoms with Gasteiger partial charge in [-0.1, -0.05) is 66.0 Å². The van der Waals surface area contributed by atoms with Crippen LogP contribution < -0.4 is 9.62 Å². The SMILES string of the molecule is CC[C@H](C(=O)NC(C)(C)C)N(Cc1ccc(Cl)cc1Cl)C(=O)CN(c1ccccc1C)S(=O)(=O)c1ccc(Cl)cc1. The Hall–Kier alpha value is -2.78. The first kappa shape index (κ1) is 32.7. The molecule has 2 amide bonds. The normalized spacial score (nSPS) is 12.5. The van der Waals surface area contributed by atoms with Gasteiger partial charge in [-0.2, -0.15) is 0 Å². The number of benzene rings is 3. The highest BCUT2D eigenvalue weighted by molar-refractivity contribution is 7.92. The van der Waals surface area contributed by atoms with Gasteiger partial charge in [0.2, 0.25) is 11.8 Å². The number of nitrogens with zero attached hydrogens (tertiary/aromatic N) is 2. The highest BCUT2D eigenvalue weighted by atomic mass is 35.5. The van der Waals surface area contributed by atoms with Crippen molar-refractivity contribution in [3.8, 4) is 0 Å². The van der Waals surface area contributed by atoms with E-state index < -0.39 is 34.1 Å². The lowest BCUT2D eigenvalue weighted by Gasteiger charge is -2.35. The fraction of sp³-hybridized carbons (Fsp3) is 0.333. The predicted octanol–water partition coefficient (Wildman–Crippen LogP) is 6.87. The maximum atomic E-state index is 14.2. The third-order valence-corrected chi connectivity index (χ3v) is 8.92. The molecule has 0 unspecified atom stereocenters. The third-order valence-electron chi connectivity index (χ3n) is 6.30. The number of carbonyl (C=O) groups is 2. The Bertz CT molecular complexity index is 1510. The number of carbonyl (C=O) groups excluding carboxylic acids is 2. The van der Waals surface area contributed by atoms with E-state index in [4.69, 9.17) is 34.8 Å². The summed E-state index contributed by atoms with van der Waals surface area (Å²) in [6.07, 6.45) is 0.285. The van der Waals surface area contributed by atoms with Crippen molar-refractivity contribution < 1.29 is 18.0 Å². The second-order valence-corrected chi connectivity index (χ2v) is 13.8. The van der Waals surface area contributed by atoms with E-state index in [2.05, 4.69) is 5.32 Å². The average Bonchev–Trinajstić information content (AvgIpc) is 2.88. The minimum atomic E-state index is -4.21. The number of halogens is 3. The molecule has 0 bridgehead atoms. The van der Waals surface area contributed by atoms with Crippen LogP contribution >= 0.6 is 34.8 Å². The number of hydrogen-bond acceptors (Lipinski definition) is 4. The van der Waals surface area contributed by atoms with Gasteiger partial charge in [-0.3, -0.25) is 13.9 Å². The first-order valence-corrected chi connectivity index (χ1v) is 15.6. The largest absolute Gasteiger partial charge is 0.350 e. The molecule has 3 aromatic rings. The molecule has 0 spiro atoms. The molecule has 1 atom stereocenters. The number of para-hydroxylation sites is 1. The fourth-order valence-corrected chi connectivity index (χ4v) is 6.37. The lowest BCUT2D eigenvalue weighted by atomic mass is 10.1. The molecule has 11 heteroatoms. The third kappa shape index (κ3) is 8.38. The number of amides is 2. The zero-order chi connectivity index (χ0) is 30.5. The van der Waals surface area contributed by atoms with E-state index in [1.54, 1.807) is 56.3 Å². The minimum Gasteiger partial charge on any atom is -0.350 e. The standard InChI is InChI=1S/C30H34Cl3N3O4S/c1-6-26(29(38)34-30(3,4)5)35(18-21-11-12-23(32)17-25(21)33)28(37)19-36(27-10-8-7-9-20(27)2)41(39,40)24-15-13-22(31)14-16-24/h7-17,26H,6,18-19H2,1-5H3,(H,34,38)/t26-/m1/s1. The second kappa shape index (κ2) is 13.5. The highest BCUT2D eigenvalue weighted by Crippen LogP contribution is 2.29. The first-order valence-electron chi connectivity index (χ1n) is 13.0. The van der Waals surface area contributed by atoms with Gasteiger partial charge in [-0.25, -0.2) is 8.42 Å². The molecular weight excluding hydrogens is 605 g/mol. The molecule has 7 nitrogen and oxygen atoms in total. The summed E-state index contributed by atoms with van der Waals surface area (Å²) in [7, 11) is -4.21. The van der Waals surface area contributed by atoms with Gasteiger partial charge in [-0.15, -0.1) is 0 Å². The predicted molar refractivity (Wildman–Crippen MR) is 166 cm³/mol. The molecule has 3 rings (SSSR count). The summed E-state index contributed by atoms with van der Waals surface area (Å²) in [6.45, 7) is 8.50. The zero-order valence-corrected chi connectivity index (χ0v) is 26.7. The van der Waals surface area contributed by atoms with Crippen LogP contribution in [0.5, 0.6) is 0 Å². The minimum absolute atomic E-state index is 0.0252. The van der Waals surface area contributed by atoms with Crippen LogP contribution in [0.4, 0.5) is 5.69 Å². The van der Waals surface area contributed by atoms with Crippen molar-refractivity contribution in [1.29, 1.82) is 0 Å². The van der Waals surface area contributed by atoms with E-state index >= 15 is 0 Å². The van der Waals surface area contributed by atoms with Crippen LogP contribution in [0.1, 0.15) is 45.2 Å². The molecule has 1 N–H and O–H groups in total. The molecule has 0 saturated carbocycles. The maximum Gasteiger partial charge on any atom is 0.264 e. The van der Waals surface area contributed by atoms with E-state index in [1.165, 1.54) is 29.2 Å². The fourth-order valence-electron chi connectivity index (χ4n) is 4.30. The number of rotatable bonds is 10. The summed E-state index contributed by atoms with van der Waals surface area (Å²) < 4.78 is 29.0. The molecule has 220 valence electrons. The quantitative estimate of drug-likeness (QED) is 0.263. The molecule has 0 aromatic heterocycles. The van der Waals surface area contributed by atoms with Gasteiger partial charge in [0.15, 0.2) is 0 Å². The lowest BCUT2D eigenvalue weighted by molar-refractivity contribution is -0.141. The Labute approximate surface area is 257 Å². The van der Waals surface area contributed by atoms with Crippen LogP contribution in [0, 0.1) is 6.92 Å². The van der Waals surface area contributed by atoms with Gasteiger partial charge >= 0.3 is 0 Å². The van der Waals surface area contributed by atoms with E-state index in [9.17, 15) is 18.0 Å². The van der Waals surface area contributed by atoms with E-state index in [0.29, 0.717) is 31.9 Å². The van der Waals surface area contributed by atoms with Gasteiger partial charge < -0.3 is 10.2 Å². The maximum absolute atomic E-state index is 14.2. The number of anilines is 1. The van der Waals surface area contributed by atoms with Crippen molar-refractivity contribution in [2.75, 3.05) is 10.8 Å². The summed E-state index contributed by atoms with van der Waals surface area (Å²) in [5.74, 6) is -0.936. The molecule has 0 fully saturated rings. The van der Waals surface area contributed by atoms with Crippen LogP contribution in [-0.4, -0.2) is 43.3 Å². The van der Waals surface area contributed by atoms with Crippen LogP contribution in [0.3, 0.4) is 0 Å². The van der Waals surface area contributed by atoms with Crippen LogP contribution in [0.25, 0.3) is 0 Å². The molecule has 0 aliphatic rings. The summed E-state index contributed by atoms with van der Waals surface area (Å²) >= 11 is 18.6. The smallest absolute Gasteiger partial charge is 0.264 e. The monoisotopic (exact) mass is 637 g/mol. The number of sulfonamides is 1. The van der Waals surface area contributed by atoms with Gasteiger partial charge in [0, 0.05) is 27.2 Å². The Morgan fingerprint density at radius 2 is 1.54 bits per heavy atom. The van der Waals surface area contributed by atoms with Crippen LogP contribution in [0.15, 0.2) is 71.6 Å². The highest BCUT2D eigenvalue weighted by Gasteiger charge is 2.35. The van der Waals surface area contributed by atoms with Crippen molar-refractivity contribution in [1.82, 2.24) is 10.2 Å². The van der Waals surface area contributed by atoms with Crippen molar-refractivity contribution in [3.05, 3.63) is 92.9 Å². The Balaban J connectivity index is 2.11. The molecule has 41 heavy (non-hydrogen) atoms. The first-order chi connectivity index (χ1) is 19.1. The average molecular weight is 639 g/mol. The van der Waals surface area contributed by atoms with Gasteiger partial charge in [-0.05, 0) is 87.7 Å². The molecular formula is C30H34Cl3N3O4S. The van der Waals surface area contributed by atoms with E-state index in [1.807, 2.05) is 20.8 Å². The van der Waals surface area contributed by atoms with Crippen LogP contribution in [0.2, 0.25) is 15.1 Å². The number of hydrogen-bond donors (Lipinski definition) is 1. The summed E-state index contributed by atoms with van der Waals surface area (Å²) in [5, 5.41) is 4.07. The number of aryl methyl sites for hydroxylation is 1. The Morgan fingerprint density at radius 3 is 2.10 bits per heavy atom. The van der Waals surface area contributed by atoms with Crippen molar-refractivity contribution >= 4 is 62.3 Å². The van der Waals surface area contributed by atoms with Crippen LogP contribution in [-0.2, 0) is 26.2 Å². The molecule has 0 radical (unpaired) electrons. The molecule has 0 aliphatic carbocycles. The van der Waals surface area contributed by atoms with E-state index in [-0.39, 0.29) is 23.8 Å². The lowest BCUT2D eigenvalue weighted by Crippen LogP contribution is -2.55. The number of nitrogens with one attached hydrogen (secondary N) is 1.